The number of hydrogen-bond acceptors (Lipinski definition) is 3. The summed E-state index contributed by atoms with van der Waals surface area (Å²) in [6.45, 7) is 7.05. The van der Waals surface area contributed by atoms with Crippen molar-refractivity contribution in [3.63, 3.8) is 0 Å². The first-order valence-electron chi connectivity index (χ1n) is 6.18. The molecule has 0 spiro atoms. The van der Waals surface area contributed by atoms with E-state index in [1.165, 1.54) is 7.11 Å². The van der Waals surface area contributed by atoms with Gasteiger partial charge in [0.1, 0.15) is 11.5 Å². The summed E-state index contributed by atoms with van der Waals surface area (Å²) in [6, 6.07) is 11.6. The van der Waals surface area contributed by atoms with E-state index in [0.717, 1.165) is 0 Å². The lowest BCUT2D eigenvalue weighted by atomic mass is 10.2. The Balaban J connectivity index is 2.20. The van der Waals surface area contributed by atoms with Crippen molar-refractivity contribution in [2.45, 2.75) is 0 Å². The highest BCUT2D eigenvalue weighted by atomic mass is 16.5. The molecule has 0 fully saturated rings. The molecule has 1 amide bonds. The van der Waals surface area contributed by atoms with E-state index in [1.54, 1.807) is 49.6 Å². The second kappa shape index (κ2) is 6.44. The molecule has 0 radical (unpaired) electrons. The molecule has 0 aromatic heterocycles. The lowest BCUT2D eigenvalue weighted by Gasteiger charge is -2.08. The molecule has 0 atom stereocenters. The number of carbonyl (C=O) groups is 1. The average molecular weight is 282 g/mol. The molecule has 0 aliphatic carbocycles. The van der Waals surface area contributed by atoms with Crippen LogP contribution in [0.2, 0.25) is 0 Å². The Morgan fingerprint density at radius 2 is 1.71 bits per heavy atom. The number of benzene rings is 2. The third-order valence-corrected chi connectivity index (χ3v) is 2.87. The maximum Gasteiger partial charge on any atom is 0.255 e. The maximum atomic E-state index is 12.1. The van der Waals surface area contributed by atoms with Gasteiger partial charge in [0.25, 0.3) is 5.91 Å². The van der Waals surface area contributed by atoms with Crippen LogP contribution >= 0.6 is 0 Å². The van der Waals surface area contributed by atoms with Crippen LogP contribution in [-0.4, -0.2) is 20.1 Å². The van der Waals surface area contributed by atoms with Gasteiger partial charge in [-0.2, -0.15) is 0 Å². The molecule has 0 aliphatic heterocycles. The standard InChI is InChI=1S/C16H14N2O3/c1-17-12-8-13(10-15(9-12)21-3)18-16(19)11-4-6-14(20-2)7-5-11/h4-10H,2-3H3,(H,18,19). The van der Waals surface area contributed by atoms with E-state index in [9.17, 15) is 4.79 Å². The van der Waals surface area contributed by atoms with Crippen molar-refractivity contribution in [3.8, 4) is 11.5 Å². The van der Waals surface area contributed by atoms with Crippen molar-refractivity contribution in [2.75, 3.05) is 19.5 Å². The topological polar surface area (TPSA) is 51.9 Å². The summed E-state index contributed by atoms with van der Waals surface area (Å²) in [5, 5.41) is 2.74. The van der Waals surface area contributed by atoms with Crippen LogP contribution in [0.5, 0.6) is 11.5 Å². The first kappa shape index (κ1) is 14.4. The molecule has 2 rings (SSSR count). The number of amides is 1. The van der Waals surface area contributed by atoms with Crippen molar-refractivity contribution in [1.29, 1.82) is 0 Å². The number of methoxy groups -OCH3 is 2. The lowest BCUT2D eigenvalue weighted by Crippen LogP contribution is -2.11. The van der Waals surface area contributed by atoms with Crippen molar-refractivity contribution >= 4 is 17.3 Å². The molecular formula is C16H14N2O3. The fourth-order valence-corrected chi connectivity index (χ4v) is 1.78. The lowest BCUT2D eigenvalue weighted by molar-refractivity contribution is 0.102. The van der Waals surface area contributed by atoms with Gasteiger partial charge in [0.15, 0.2) is 5.69 Å². The summed E-state index contributed by atoms with van der Waals surface area (Å²) in [4.78, 5) is 15.5. The second-order valence-electron chi connectivity index (χ2n) is 4.21. The zero-order valence-corrected chi connectivity index (χ0v) is 11.7. The van der Waals surface area contributed by atoms with Gasteiger partial charge in [-0.3, -0.25) is 4.79 Å². The van der Waals surface area contributed by atoms with Gasteiger partial charge >= 0.3 is 0 Å². The molecule has 0 bridgehead atoms. The molecule has 21 heavy (non-hydrogen) atoms. The van der Waals surface area contributed by atoms with Gasteiger partial charge < -0.3 is 14.8 Å². The third-order valence-electron chi connectivity index (χ3n) is 2.87. The molecule has 0 unspecified atom stereocenters. The predicted octanol–water partition coefficient (Wildman–Crippen LogP) is 3.51. The Hall–Kier alpha value is -3.00. The van der Waals surface area contributed by atoms with Crippen LogP contribution in [0.15, 0.2) is 42.5 Å². The predicted molar refractivity (Wildman–Crippen MR) is 80.2 cm³/mol. The van der Waals surface area contributed by atoms with Crippen molar-refractivity contribution in [1.82, 2.24) is 0 Å². The number of hydrogen-bond donors (Lipinski definition) is 1. The minimum atomic E-state index is -0.262. The van der Waals surface area contributed by atoms with Gasteiger partial charge in [0, 0.05) is 17.3 Å². The minimum absolute atomic E-state index is 0.262. The zero-order valence-electron chi connectivity index (χ0n) is 11.7. The summed E-state index contributed by atoms with van der Waals surface area (Å²) in [7, 11) is 3.08. The summed E-state index contributed by atoms with van der Waals surface area (Å²) >= 11 is 0. The quantitative estimate of drug-likeness (QED) is 0.873. The Bertz CT molecular complexity index is 688. The molecule has 5 nitrogen and oxygen atoms in total. The van der Waals surface area contributed by atoms with Crippen LogP contribution in [0, 0.1) is 6.57 Å². The Morgan fingerprint density at radius 3 is 2.29 bits per heavy atom. The van der Waals surface area contributed by atoms with Crippen LogP contribution in [-0.2, 0) is 0 Å². The fourth-order valence-electron chi connectivity index (χ4n) is 1.78. The van der Waals surface area contributed by atoms with Crippen LogP contribution in [0.1, 0.15) is 10.4 Å². The minimum Gasteiger partial charge on any atom is -0.498 e. The molecule has 0 saturated heterocycles. The van der Waals surface area contributed by atoms with E-state index >= 15 is 0 Å². The Kier molecular flexibility index (Phi) is 4.42. The molecule has 2 aromatic rings. The summed E-state index contributed by atoms with van der Waals surface area (Å²) < 4.78 is 10.2. The summed E-state index contributed by atoms with van der Waals surface area (Å²) in [5.41, 5.74) is 1.42. The first-order chi connectivity index (χ1) is 10.2. The van der Waals surface area contributed by atoms with E-state index in [0.29, 0.717) is 28.4 Å². The highest BCUT2D eigenvalue weighted by Gasteiger charge is 2.08. The molecule has 106 valence electrons. The van der Waals surface area contributed by atoms with Crippen molar-refractivity contribution in [3.05, 3.63) is 59.4 Å². The number of ether oxygens (including phenoxy) is 2. The van der Waals surface area contributed by atoms with Gasteiger partial charge in [-0.05, 0) is 36.4 Å². The van der Waals surface area contributed by atoms with Gasteiger partial charge in [-0.25, -0.2) is 4.85 Å². The van der Waals surface area contributed by atoms with Gasteiger partial charge in [0.2, 0.25) is 0 Å². The zero-order chi connectivity index (χ0) is 15.2. The highest BCUT2D eigenvalue weighted by Crippen LogP contribution is 2.26. The van der Waals surface area contributed by atoms with Gasteiger partial charge in [-0.1, -0.05) is 0 Å². The highest BCUT2D eigenvalue weighted by molar-refractivity contribution is 6.04. The van der Waals surface area contributed by atoms with Crippen LogP contribution in [0.25, 0.3) is 4.85 Å². The van der Waals surface area contributed by atoms with E-state index in [4.69, 9.17) is 16.0 Å². The smallest absolute Gasteiger partial charge is 0.255 e. The van der Waals surface area contributed by atoms with Crippen molar-refractivity contribution in [2.24, 2.45) is 0 Å². The SMILES string of the molecule is [C-]#[N+]c1cc(NC(=O)c2ccc(OC)cc2)cc(OC)c1. The van der Waals surface area contributed by atoms with E-state index in [2.05, 4.69) is 10.2 Å². The molecule has 5 heteroatoms. The third kappa shape index (κ3) is 3.51. The maximum absolute atomic E-state index is 12.1. The molecule has 0 aliphatic rings. The van der Waals surface area contributed by atoms with E-state index in [-0.39, 0.29) is 5.91 Å². The first-order valence-corrected chi connectivity index (χ1v) is 6.18. The molecule has 0 heterocycles. The van der Waals surface area contributed by atoms with E-state index < -0.39 is 0 Å². The second-order valence-corrected chi connectivity index (χ2v) is 4.21. The normalized spacial score (nSPS) is 9.57. The Morgan fingerprint density at radius 1 is 1.05 bits per heavy atom. The summed E-state index contributed by atoms with van der Waals surface area (Å²) in [5.74, 6) is 0.943. The number of carbonyl (C=O) groups excluding carboxylic acids is 1. The largest absolute Gasteiger partial charge is 0.498 e. The number of anilines is 1. The number of nitrogens with zero attached hydrogens (tertiary/aromatic N) is 1. The molecular weight excluding hydrogens is 268 g/mol. The van der Waals surface area contributed by atoms with Crippen LogP contribution < -0.4 is 14.8 Å². The van der Waals surface area contributed by atoms with Crippen molar-refractivity contribution < 1.29 is 14.3 Å². The average Bonchev–Trinajstić information content (AvgIpc) is 2.54. The van der Waals surface area contributed by atoms with E-state index in [1.807, 2.05) is 0 Å². The Labute approximate surface area is 122 Å². The van der Waals surface area contributed by atoms with Crippen LogP contribution in [0.4, 0.5) is 11.4 Å². The summed E-state index contributed by atoms with van der Waals surface area (Å²) in [6.07, 6.45) is 0. The van der Waals surface area contributed by atoms with Gasteiger partial charge in [-0.15, -0.1) is 0 Å². The molecule has 2 aromatic carbocycles. The van der Waals surface area contributed by atoms with Gasteiger partial charge in [0.05, 0.1) is 20.8 Å². The molecule has 1 N–H and O–H groups in total. The number of rotatable bonds is 4. The number of nitrogens with one attached hydrogen (secondary N) is 1. The monoisotopic (exact) mass is 282 g/mol. The molecule has 0 saturated carbocycles. The van der Waals surface area contributed by atoms with Crippen LogP contribution in [0.3, 0.4) is 0 Å². The fraction of sp³-hybridized carbons (Fsp3) is 0.125.